The van der Waals surface area contributed by atoms with Crippen LogP contribution in [0.4, 0.5) is 17.1 Å². The second kappa shape index (κ2) is 16.5. The number of nitrogens with zero attached hydrogens (tertiary/aromatic N) is 4. The van der Waals surface area contributed by atoms with Gasteiger partial charge in [-0.05, 0) is 125 Å². The summed E-state index contributed by atoms with van der Waals surface area (Å²) >= 11 is 0. The summed E-state index contributed by atoms with van der Waals surface area (Å²) in [4.78, 5) is 30.7. The number of H-pyrrole nitrogens is 1. The van der Waals surface area contributed by atoms with Crippen molar-refractivity contribution in [2.24, 2.45) is 11.3 Å². The van der Waals surface area contributed by atoms with Gasteiger partial charge in [0.05, 0.1) is 47.1 Å². The van der Waals surface area contributed by atoms with E-state index in [0.29, 0.717) is 47.0 Å². The zero-order chi connectivity index (χ0) is 42.4. The SMILES string of the molecule is COc1ccccc1[C@@H]1CCCN1C1CC2(CCN(c3cnc(C(=O)NS(=O)(=O)c4ccc(NC[C@H]5CC[C@](C)(O)CC5)c(N)c4)c(Oc4cnc5[nH]ccc5c4)c3)CC2)C1. The fraction of sp³-hybridized carbons (Fsp3) is 0.457. The molecule has 0 radical (unpaired) electrons. The molecule has 0 unspecified atom stereocenters. The molecule has 2 aliphatic carbocycles. The Hall–Kier alpha value is -5.38. The van der Waals surface area contributed by atoms with Crippen molar-refractivity contribution < 1.29 is 27.8 Å². The molecule has 4 fully saturated rings. The molecule has 15 heteroatoms. The number of nitrogen functional groups attached to an aromatic ring is 1. The predicted octanol–water partition coefficient (Wildman–Crippen LogP) is 7.40. The largest absolute Gasteiger partial charge is 0.496 e. The second-order valence-corrected chi connectivity index (χ2v) is 19.6. The molecule has 2 saturated carbocycles. The number of hydrogen-bond donors (Lipinski definition) is 5. The predicted molar refractivity (Wildman–Crippen MR) is 236 cm³/mol. The maximum Gasteiger partial charge on any atom is 0.287 e. The van der Waals surface area contributed by atoms with Crippen LogP contribution in [0.2, 0.25) is 0 Å². The minimum atomic E-state index is -4.35. The molecule has 2 saturated heterocycles. The first-order valence-electron chi connectivity index (χ1n) is 21.6. The molecule has 1 atom stereocenters. The number of pyridine rings is 2. The number of para-hydroxylation sites is 1. The number of fused-ring (bicyclic) bond motifs is 1. The molecule has 14 nitrogen and oxygen atoms in total. The average molecular weight is 849 g/mol. The van der Waals surface area contributed by atoms with E-state index in [-0.39, 0.29) is 22.0 Å². The molecule has 1 spiro atoms. The number of carbonyl (C=O) groups is 1. The van der Waals surface area contributed by atoms with Gasteiger partial charge in [0.1, 0.15) is 17.1 Å². The molecular formula is C46H56N8O6S. The third-order valence-electron chi connectivity index (χ3n) is 13.8. The molecule has 5 heterocycles. The summed E-state index contributed by atoms with van der Waals surface area (Å²) in [6.07, 6.45) is 15.0. The molecule has 322 valence electrons. The average Bonchev–Trinajstić information content (AvgIpc) is 3.93. The Bertz CT molecular complexity index is 2500. The summed E-state index contributed by atoms with van der Waals surface area (Å²) in [6.45, 7) is 5.30. The lowest BCUT2D eigenvalue weighted by atomic mass is 9.60. The van der Waals surface area contributed by atoms with Gasteiger partial charge in [0.25, 0.3) is 15.9 Å². The number of aromatic amines is 1. The van der Waals surface area contributed by atoms with E-state index < -0.39 is 21.5 Å². The highest BCUT2D eigenvalue weighted by Crippen LogP contribution is 2.54. The maximum atomic E-state index is 13.9. The van der Waals surface area contributed by atoms with Gasteiger partial charge in [-0.1, -0.05) is 18.2 Å². The van der Waals surface area contributed by atoms with Crippen LogP contribution in [-0.4, -0.2) is 84.2 Å². The molecule has 9 rings (SSSR count). The number of benzene rings is 2. The summed E-state index contributed by atoms with van der Waals surface area (Å²) in [7, 11) is -2.59. The van der Waals surface area contributed by atoms with Crippen LogP contribution < -0.4 is 30.1 Å². The zero-order valence-corrected chi connectivity index (χ0v) is 35.7. The van der Waals surface area contributed by atoms with Crippen molar-refractivity contribution in [3.8, 4) is 17.2 Å². The molecule has 2 aliphatic heterocycles. The number of rotatable bonds is 12. The number of methoxy groups -OCH3 is 1. The van der Waals surface area contributed by atoms with Crippen LogP contribution in [0.15, 0.2) is 84.1 Å². The molecule has 61 heavy (non-hydrogen) atoms. The van der Waals surface area contributed by atoms with Crippen molar-refractivity contribution in [1.29, 1.82) is 0 Å². The van der Waals surface area contributed by atoms with Gasteiger partial charge < -0.3 is 35.5 Å². The summed E-state index contributed by atoms with van der Waals surface area (Å²) < 4.78 is 41.5. The molecule has 5 aromatic rings. The number of piperidine rings is 1. The fourth-order valence-corrected chi connectivity index (χ4v) is 11.1. The monoisotopic (exact) mass is 848 g/mol. The fourth-order valence-electron chi connectivity index (χ4n) is 10.1. The lowest BCUT2D eigenvalue weighted by Crippen LogP contribution is -2.54. The Morgan fingerprint density at radius 1 is 0.967 bits per heavy atom. The minimum absolute atomic E-state index is 0.116. The van der Waals surface area contributed by atoms with Gasteiger partial charge in [-0.25, -0.2) is 23.1 Å². The van der Waals surface area contributed by atoms with Crippen LogP contribution >= 0.6 is 0 Å². The molecule has 0 bridgehead atoms. The number of nitrogens with one attached hydrogen (secondary N) is 3. The van der Waals surface area contributed by atoms with Crippen molar-refractivity contribution in [3.05, 3.63) is 90.5 Å². The number of anilines is 3. The number of amides is 1. The highest BCUT2D eigenvalue weighted by molar-refractivity contribution is 7.90. The third kappa shape index (κ3) is 8.60. The second-order valence-electron chi connectivity index (χ2n) is 17.9. The van der Waals surface area contributed by atoms with Gasteiger partial charge in [0, 0.05) is 54.9 Å². The minimum Gasteiger partial charge on any atom is -0.496 e. The molecule has 6 N–H and O–H groups in total. The number of aliphatic hydroxyl groups is 1. The highest BCUT2D eigenvalue weighted by atomic mass is 32.2. The molecule has 3 aromatic heterocycles. The first-order chi connectivity index (χ1) is 29.4. The van der Waals surface area contributed by atoms with E-state index in [4.69, 9.17) is 15.2 Å². The highest BCUT2D eigenvalue weighted by Gasteiger charge is 2.50. The number of hydrogen-bond acceptors (Lipinski definition) is 12. The van der Waals surface area contributed by atoms with Crippen molar-refractivity contribution >= 4 is 44.0 Å². The van der Waals surface area contributed by atoms with Crippen LogP contribution in [0.3, 0.4) is 0 Å². The van der Waals surface area contributed by atoms with Crippen LogP contribution in [0.5, 0.6) is 17.2 Å². The van der Waals surface area contributed by atoms with E-state index in [2.05, 4.69) is 53.0 Å². The van der Waals surface area contributed by atoms with Gasteiger partial charge in [0.2, 0.25) is 0 Å². The maximum absolute atomic E-state index is 13.9. The number of nitrogens with two attached hydrogens (primary N) is 1. The van der Waals surface area contributed by atoms with Crippen molar-refractivity contribution in [2.75, 3.05) is 49.2 Å². The standard InChI is InChI=1S/C46H56N8O6S/c1-45(56)14-11-30(12-15-45)27-49-38-10-9-35(24-37(38)47)61(57,58)52-44(55)42-41(60-34-22-31-13-18-48-43(31)51-29-34)23-32(28-50-42)53-20-16-46(17-21-53)25-33(26-46)54-19-5-7-39(54)36-6-3-4-8-40(36)59-2/h3-4,6,8-10,13,18,22-24,28-30,33,39,49,56H,5,7,11-12,14-17,19-21,25-27,47H2,1-2H3,(H,48,51)(H,52,55)/t30-,39-,45-/m0/s1. The van der Waals surface area contributed by atoms with E-state index >= 15 is 0 Å². The van der Waals surface area contributed by atoms with E-state index in [1.807, 2.05) is 19.1 Å². The lowest BCUT2D eigenvalue weighted by molar-refractivity contribution is -0.0229. The first kappa shape index (κ1) is 41.0. The summed E-state index contributed by atoms with van der Waals surface area (Å²) in [6, 6.07) is 19.2. The quantitative estimate of drug-likeness (QED) is 0.0785. The van der Waals surface area contributed by atoms with Crippen molar-refractivity contribution in [3.63, 3.8) is 0 Å². The normalized spacial score (nSPS) is 23.2. The number of aromatic nitrogens is 3. The van der Waals surface area contributed by atoms with Crippen LogP contribution in [-0.2, 0) is 10.0 Å². The topological polar surface area (TPSA) is 188 Å². The Kier molecular flexibility index (Phi) is 11.1. The number of likely N-dealkylation sites (tertiary alicyclic amines) is 1. The third-order valence-corrected chi connectivity index (χ3v) is 15.1. The van der Waals surface area contributed by atoms with Crippen LogP contribution in [0.25, 0.3) is 11.0 Å². The van der Waals surface area contributed by atoms with Crippen molar-refractivity contribution in [1.82, 2.24) is 24.6 Å². The molecule has 2 aromatic carbocycles. The summed E-state index contributed by atoms with van der Waals surface area (Å²) in [5.41, 5.74) is 9.43. The molecule has 4 aliphatic rings. The van der Waals surface area contributed by atoms with E-state index in [1.54, 1.807) is 43.9 Å². The van der Waals surface area contributed by atoms with Gasteiger partial charge in [-0.3, -0.25) is 9.69 Å². The Labute approximate surface area is 357 Å². The Balaban J connectivity index is 0.879. The number of carbonyl (C=O) groups excluding carboxylic acids is 1. The van der Waals surface area contributed by atoms with Gasteiger partial charge in [-0.2, -0.15) is 0 Å². The molecule has 1 amide bonds. The smallest absolute Gasteiger partial charge is 0.287 e. The molecular weight excluding hydrogens is 793 g/mol. The van der Waals surface area contributed by atoms with Crippen LogP contribution in [0, 0.1) is 11.3 Å². The van der Waals surface area contributed by atoms with Gasteiger partial charge >= 0.3 is 0 Å². The van der Waals surface area contributed by atoms with E-state index in [9.17, 15) is 18.3 Å². The summed E-state index contributed by atoms with van der Waals surface area (Å²) in [5, 5.41) is 14.4. The van der Waals surface area contributed by atoms with E-state index in [0.717, 1.165) is 81.4 Å². The summed E-state index contributed by atoms with van der Waals surface area (Å²) in [5.74, 6) is 0.906. The van der Waals surface area contributed by atoms with Gasteiger partial charge in [0.15, 0.2) is 11.4 Å². The van der Waals surface area contributed by atoms with E-state index in [1.165, 1.54) is 37.0 Å². The van der Waals surface area contributed by atoms with Gasteiger partial charge in [-0.15, -0.1) is 0 Å². The zero-order valence-electron chi connectivity index (χ0n) is 34.9. The Morgan fingerprint density at radius 3 is 2.52 bits per heavy atom. The number of ether oxygens (including phenoxy) is 2. The lowest BCUT2D eigenvalue weighted by Gasteiger charge is -2.56. The van der Waals surface area contributed by atoms with Crippen LogP contribution in [0.1, 0.15) is 93.2 Å². The first-order valence-corrected chi connectivity index (χ1v) is 23.0. The van der Waals surface area contributed by atoms with Crippen molar-refractivity contribution in [2.45, 2.75) is 93.7 Å². The number of sulfonamides is 1. The Morgan fingerprint density at radius 2 is 1.75 bits per heavy atom.